The smallest absolute Gasteiger partial charge is 0.323 e. The summed E-state index contributed by atoms with van der Waals surface area (Å²) in [4.78, 5) is 50.4. The van der Waals surface area contributed by atoms with Crippen LogP contribution in [0, 0.1) is 6.92 Å². The molecule has 1 aliphatic rings. The predicted molar refractivity (Wildman–Crippen MR) is 98.9 cm³/mol. The molecule has 2 aromatic carbocycles. The summed E-state index contributed by atoms with van der Waals surface area (Å²) in [5, 5.41) is 2.88. The summed E-state index contributed by atoms with van der Waals surface area (Å²) in [5.41, 5.74) is 1.98. The predicted octanol–water partition coefficient (Wildman–Crippen LogP) is 2.58. The second-order valence-electron chi connectivity index (χ2n) is 6.08. The van der Waals surface area contributed by atoms with Gasteiger partial charge in [-0.2, -0.15) is 0 Å². The molecule has 1 heterocycles. The number of amides is 5. The molecule has 27 heavy (non-hydrogen) atoms. The van der Waals surface area contributed by atoms with Gasteiger partial charge in [0.05, 0.1) is 17.3 Å². The minimum atomic E-state index is -1.03. The van der Waals surface area contributed by atoms with E-state index in [0.717, 1.165) is 10.5 Å². The van der Waals surface area contributed by atoms with Crippen molar-refractivity contribution in [3.8, 4) is 0 Å². The monoisotopic (exact) mass is 385 g/mol. The van der Waals surface area contributed by atoms with E-state index in [-0.39, 0.29) is 6.54 Å². The summed E-state index contributed by atoms with van der Waals surface area (Å²) in [7, 11) is 0. The van der Waals surface area contributed by atoms with Gasteiger partial charge in [0, 0.05) is 0 Å². The average molecular weight is 386 g/mol. The zero-order valence-electron chi connectivity index (χ0n) is 14.4. The van der Waals surface area contributed by atoms with Gasteiger partial charge in [0.2, 0.25) is 5.91 Å². The van der Waals surface area contributed by atoms with Crippen LogP contribution in [0.3, 0.4) is 0 Å². The second-order valence-corrected chi connectivity index (χ2v) is 6.49. The van der Waals surface area contributed by atoms with Gasteiger partial charge in [-0.05, 0) is 30.2 Å². The molecule has 1 saturated heterocycles. The van der Waals surface area contributed by atoms with Crippen LogP contribution in [0.1, 0.15) is 11.1 Å². The normalized spacial score (nSPS) is 14.1. The number of carbonyl (C=O) groups is 4. The SMILES string of the molecule is Cc1ccc(NC(=O)CN2C(=O)C(=O)N(Cc3ccccc3)C2=O)c(Cl)c1. The first-order chi connectivity index (χ1) is 12.9. The van der Waals surface area contributed by atoms with Crippen molar-refractivity contribution in [3.63, 3.8) is 0 Å². The van der Waals surface area contributed by atoms with Crippen LogP contribution in [0.5, 0.6) is 0 Å². The topological polar surface area (TPSA) is 86.8 Å². The van der Waals surface area contributed by atoms with E-state index in [1.807, 2.05) is 6.92 Å². The molecular formula is C19H16ClN3O4. The molecule has 1 fully saturated rings. The van der Waals surface area contributed by atoms with Crippen molar-refractivity contribution in [2.75, 3.05) is 11.9 Å². The minimum absolute atomic E-state index is 0.0356. The number of hydrogen-bond donors (Lipinski definition) is 1. The number of carbonyl (C=O) groups excluding carboxylic acids is 4. The van der Waals surface area contributed by atoms with Crippen LogP contribution < -0.4 is 5.32 Å². The third-order valence-electron chi connectivity index (χ3n) is 4.02. The molecule has 5 amide bonds. The van der Waals surface area contributed by atoms with Crippen molar-refractivity contribution in [3.05, 3.63) is 64.7 Å². The maximum Gasteiger partial charge on any atom is 0.335 e. The van der Waals surface area contributed by atoms with Crippen LogP contribution >= 0.6 is 11.6 Å². The fourth-order valence-corrected chi connectivity index (χ4v) is 2.93. The van der Waals surface area contributed by atoms with E-state index < -0.39 is 30.3 Å². The fraction of sp³-hybridized carbons (Fsp3) is 0.158. The highest BCUT2D eigenvalue weighted by Gasteiger charge is 2.45. The van der Waals surface area contributed by atoms with E-state index in [1.165, 1.54) is 0 Å². The number of hydrogen-bond acceptors (Lipinski definition) is 4. The van der Waals surface area contributed by atoms with Crippen molar-refractivity contribution in [2.24, 2.45) is 0 Å². The largest absolute Gasteiger partial charge is 0.335 e. The molecule has 0 atom stereocenters. The number of benzene rings is 2. The van der Waals surface area contributed by atoms with Crippen molar-refractivity contribution in [2.45, 2.75) is 13.5 Å². The molecule has 0 bridgehead atoms. The first-order valence-electron chi connectivity index (χ1n) is 8.14. The summed E-state index contributed by atoms with van der Waals surface area (Å²) in [6, 6.07) is 13.0. The van der Waals surface area contributed by atoms with Crippen LogP contribution in [0.4, 0.5) is 10.5 Å². The van der Waals surface area contributed by atoms with Crippen molar-refractivity contribution in [1.82, 2.24) is 9.80 Å². The van der Waals surface area contributed by atoms with Crippen LogP contribution in [-0.4, -0.2) is 40.1 Å². The maximum absolute atomic E-state index is 12.4. The molecule has 138 valence electrons. The Balaban J connectivity index is 1.69. The van der Waals surface area contributed by atoms with Gasteiger partial charge >= 0.3 is 17.8 Å². The number of halogens is 1. The number of imide groups is 2. The zero-order valence-corrected chi connectivity index (χ0v) is 15.2. The van der Waals surface area contributed by atoms with Gasteiger partial charge in [-0.3, -0.25) is 19.3 Å². The number of urea groups is 1. The highest BCUT2D eigenvalue weighted by molar-refractivity contribution is 6.45. The standard InChI is InChI=1S/C19H16ClN3O4/c1-12-7-8-15(14(20)9-12)21-16(24)11-23-18(26)17(25)22(19(23)27)10-13-5-3-2-4-6-13/h2-9H,10-11H2,1H3,(H,21,24). The lowest BCUT2D eigenvalue weighted by atomic mass is 10.2. The van der Waals surface area contributed by atoms with E-state index >= 15 is 0 Å². The van der Waals surface area contributed by atoms with Gasteiger partial charge in [-0.1, -0.05) is 48.0 Å². The van der Waals surface area contributed by atoms with Crippen molar-refractivity contribution in [1.29, 1.82) is 0 Å². The molecule has 0 aromatic heterocycles. The first-order valence-corrected chi connectivity index (χ1v) is 8.52. The Kier molecular flexibility index (Phi) is 5.23. The molecular weight excluding hydrogens is 370 g/mol. The maximum atomic E-state index is 12.4. The Labute approximate surface area is 160 Å². The van der Waals surface area contributed by atoms with Gasteiger partial charge < -0.3 is 5.32 Å². The quantitative estimate of drug-likeness (QED) is 0.633. The third kappa shape index (κ3) is 3.98. The van der Waals surface area contributed by atoms with Gasteiger partial charge in [-0.15, -0.1) is 0 Å². The summed E-state index contributed by atoms with van der Waals surface area (Å²) >= 11 is 6.06. The molecule has 0 radical (unpaired) electrons. The molecule has 1 N–H and O–H groups in total. The third-order valence-corrected chi connectivity index (χ3v) is 4.33. The van der Waals surface area contributed by atoms with Gasteiger partial charge in [-0.25, -0.2) is 9.69 Å². The van der Waals surface area contributed by atoms with Crippen molar-refractivity contribution >= 4 is 41.0 Å². The van der Waals surface area contributed by atoms with Gasteiger partial charge in [0.1, 0.15) is 6.54 Å². The number of nitrogens with zero attached hydrogens (tertiary/aromatic N) is 2. The lowest BCUT2D eigenvalue weighted by molar-refractivity contribution is -0.143. The van der Waals surface area contributed by atoms with Crippen LogP contribution in [0.2, 0.25) is 5.02 Å². The second kappa shape index (κ2) is 7.59. The molecule has 7 nitrogen and oxygen atoms in total. The summed E-state index contributed by atoms with van der Waals surface area (Å²) in [6.45, 7) is 1.25. The Morgan fingerprint density at radius 1 is 1.00 bits per heavy atom. The lowest BCUT2D eigenvalue weighted by Gasteiger charge is -2.15. The summed E-state index contributed by atoms with van der Waals surface area (Å²) < 4.78 is 0. The molecule has 0 spiro atoms. The molecule has 3 rings (SSSR count). The van der Waals surface area contributed by atoms with E-state index in [2.05, 4.69) is 5.32 Å². The van der Waals surface area contributed by atoms with E-state index in [0.29, 0.717) is 21.2 Å². The summed E-state index contributed by atoms with van der Waals surface area (Å²) in [6.07, 6.45) is 0. The zero-order chi connectivity index (χ0) is 19.6. The van der Waals surface area contributed by atoms with Crippen molar-refractivity contribution < 1.29 is 19.2 Å². The number of aryl methyl sites for hydroxylation is 1. The highest BCUT2D eigenvalue weighted by Crippen LogP contribution is 2.23. The Morgan fingerprint density at radius 3 is 2.33 bits per heavy atom. The molecule has 8 heteroatoms. The van der Waals surface area contributed by atoms with Gasteiger partial charge in [0.25, 0.3) is 0 Å². The van der Waals surface area contributed by atoms with Crippen LogP contribution in [-0.2, 0) is 20.9 Å². The lowest BCUT2D eigenvalue weighted by Crippen LogP contribution is -2.38. The van der Waals surface area contributed by atoms with E-state index in [9.17, 15) is 19.2 Å². The molecule has 0 unspecified atom stereocenters. The van der Waals surface area contributed by atoms with E-state index in [4.69, 9.17) is 11.6 Å². The minimum Gasteiger partial charge on any atom is -0.323 e. The highest BCUT2D eigenvalue weighted by atomic mass is 35.5. The number of anilines is 1. The fourth-order valence-electron chi connectivity index (χ4n) is 2.65. The Bertz CT molecular complexity index is 930. The van der Waals surface area contributed by atoms with E-state index in [1.54, 1.807) is 48.5 Å². The Morgan fingerprint density at radius 2 is 1.67 bits per heavy atom. The number of nitrogens with one attached hydrogen (secondary N) is 1. The summed E-state index contributed by atoms with van der Waals surface area (Å²) in [5.74, 6) is -2.61. The Hall–Kier alpha value is -3.19. The average Bonchev–Trinajstić information content (AvgIpc) is 2.83. The molecule has 1 aliphatic heterocycles. The molecule has 0 saturated carbocycles. The van der Waals surface area contributed by atoms with Crippen LogP contribution in [0.15, 0.2) is 48.5 Å². The molecule has 2 aromatic rings. The number of rotatable bonds is 5. The first kappa shape index (κ1) is 18.6. The molecule has 0 aliphatic carbocycles. The van der Waals surface area contributed by atoms with Gasteiger partial charge in [0.15, 0.2) is 0 Å². The van der Waals surface area contributed by atoms with Crippen LogP contribution in [0.25, 0.3) is 0 Å².